The number of ketones is 1. The van der Waals surface area contributed by atoms with Gasteiger partial charge in [0.2, 0.25) is 0 Å². The zero-order chi connectivity index (χ0) is 13.7. The van der Waals surface area contributed by atoms with Gasteiger partial charge in [0, 0.05) is 13.0 Å². The van der Waals surface area contributed by atoms with Crippen LogP contribution >= 0.6 is 0 Å². The number of hydrogen-bond donors (Lipinski definition) is 0. The molecule has 3 nitrogen and oxygen atoms in total. The Kier molecular flexibility index (Phi) is 4.57. The van der Waals surface area contributed by atoms with E-state index in [1.165, 1.54) is 19.3 Å². The normalized spacial score (nSPS) is 15.8. The Hall–Kier alpha value is -1.82. The molecule has 0 aromatic heterocycles. The van der Waals surface area contributed by atoms with E-state index in [0.717, 1.165) is 18.5 Å². The first-order valence-electron chi connectivity index (χ1n) is 6.95. The standard InChI is InChI=1S/C16H20N2O/c1-18(15-10-6-5-9-14(15)11-17)12-16(19)13-7-3-2-4-8-13/h5-6,9-10,13H,2-4,7-8,12H2,1H3. The SMILES string of the molecule is CN(CC(=O)C1CCCCC1)c1ccccc1C#N. The van der Waals surface area contributed by atoms with Crippen LogP contribution < -0.4 is 4.90 Å². The number of anilines is 1. The fourth-order valence-corrected chi connectivity index (χ4v) is 2.77. The Morgan fingerprint density at radius 3 is 2.68 bits per heavy atom. The lowest BCUT2D eigenvalue weighted by Gasteiger charge is -2.25. The molecule has 0 spiro atoms. The van der Waals surface area contributed by atoms with Crippen molar-refractivity contribution in [3.63, 3.8) is 0 Å². The van der Waals surface area contributed by atoms with Crippen LogP contribution in [0.4, 0.5) is 5.69 Å². The number of nitrogens with zero attached hydrogens (tertiary/aromatic N) is 2. The molecule has 3 heteroatoms. The molecule has 0 unspecified atom stereocenters. The van der Waals surface area contributed by atoms with E-state index < -0.39 is 0 Å². The maximum Gasteiger partial charge on any atom is 0.155 e. The second kappa shape index (κ2) is 6.38. The average molecular weight is 256 g/mol. The number of carbonyl (C=O) groups is 1. The van der Waals surface area contributed by atoms with Gasteiger partial charge in [0.15, 0.2) is 5.78 Å². The van der Waals surface area contributed by atoms with Crippen molar-refractivity contribution in [3.05, 3.63) is 29.8 Å². The number of hydrogen-bond acceptors (Lipinski definition) is 3. The van der Waals surface area contributed by atoms with Crippen LogP contribution in [-0.2, 0) is 4.79 Å². The van der Waals surface area contributed by atoms with Crippen LogP contribution in [0.25, 0.3) is 0 Å². The zero-order valence-corrected chi connectivity index (χ0v) is 11.4. The fraction of sp³-hybridized carbons (Fsp3) is 0.500. The lowest BCUT2D eigenvalue weighted by molar-refractivity contribution is -0.122. The summed E-state index contributed by atoms with van der Waals surface area (Å²) < 4.78 is 0. The minimum absolute atomic E-state index is 0.227. The molecular weight excluding hydrogens is 236 g/mol. The highest BCUT2D eigenvalue weighted by Gasteiger charge is 2.22. The highest BCUT2D eigenvalue weighted by atomic mass is 16.1. The van der Waals surface area contributed by atoms with Crippen molar-refractivity contribution in [1.82, 2.24) is 0 Å². The summed E-state index contributed by atoms with van der Waals surface area (Å²) in [7, 11) is 1.89. The fourth-order valence-electron chi connectivity index (χ4n) is 2.77. The third-order valence-corrected chi connectivity index (χ3v) is 3.89. The first-order chi connectivity index (χ1) is 9.22. The van der Waals surface area contributed by atoms with Gasteiger partial charge < -0.3 is 4.90 Å². The molecule has 0 radical (unpaired) electrons. The van der Waals surface area contributed by atoms with Crippen LogP contribution in [0.5, 0.6) is 0 Å². The monoisotopic (exact) mass is 256 g/mol. The number of para-hydroxylation sites is 1. The molecule has 0 atom stereocenters. The summed E-state index contributed by atoms with van der Waals surface area (Å²) in [6, 6.07) is 9.61. The van der Waals surface area contributed by atoms with Gasteiger partial charge >= 0.3 is 0 Å². The Labute approximate surface area is 114 Å². The lowest BCUT2D eigenvalue weighted by Crippen LogP contribution is -2.31. The van der Waals surface area contributed by atoms with Gasteiger partial charge in [0.25, 0.3) is 0 Å². The van der Waals surface area contributed by atoms with Gasteiger partial charge in [-0.1, -0.05) is 31.4 Å². The number of nitriles is 1. The first-order valence-corrected chi connectivity index (χ1v) is 6.95. The molecule has 1 aliphatic carbocycles. The van der Waals surface area contributed by atoms with Gasteiger partial charge in [-0.15, -0.1) is 0 Å². The molecule has 1 aromatic carbocycles. The van der Waals surface area contributed by atoms with Crippen molar-refractivity contribution in [3.8, 4) is 6.07 Å². The molecule has 0 heterocycles. The van der Waals surface area contributed by atoms with E-state index in [1.807, 2.05) is 30.1 Å². The number of benzene rings is 1. The van der Waals surface area contributed by atoms with Crippen LogP contribution in [0.1, 0.15) is 37.7 Å². The van der Waals surface area contributed by atoms with Crippen molar-refractivity contribution in [1.29, 1.82) is 5.26 Å². The summed E-state index contributed by atoms with van der Waals surface area (Å²) in [6.07, 6.45) is 5.68. The third kappa shape index (κ3) is 3.35. The predicted octanol–water partition coefficient (Wildman–Crippen LogP) is 3.14. The Bertz CT molecular complexity index is 484. The summed E-state index contributed by atoms with van der Waals surface area (Å²) in [5.74, 6) is 0.542. The molecule has 0 aliphatic heterocycles. The van der Waals surface area contributed by atoms with E-state index in [9.17, 15) is 4.79 Å². The highest BCUT2D eigenvalue weighted by Crippen LogP contribution is 2.25. The van der Waals surface area contributed by atoms with E-state index >= 15 is 0 Å². The molecule has 1 saturated carbocycles. The number of rotatable bonds is 4. The van der Waals surface area contributed by atoms with Crippen molar-refractivity contribution in [2.24, 2.45) is 5.92 Å². The molecule has 19 heavy (non-hydrogen) atoms. The molecule has 2 rings (SSSR count). The minimum Gasteiger partial charge on any atom is -0.366 e. The molecule has 1 aliphatic rings. The van der Waals surface area contributed by atoms with Crippen LogP contribution in [0.3, 0.4) is 0 Å². The van der Waals surface area contributed by atoms with Crippen molar-refractivity contribution in [2.75, 3.05) is 18.5 Å². The predicted molar refractivity (Wildman–Crippen MR) is 76.0 cm³/mol. The molecule has 1 aromatic rings. The van der Waals surface area contributed by atoms with E-state index in [4.69, 9.17) is 5.26 Å². The van der Waals surface area contributed by atoms with Crippen LogP contribution in [0.2, 0.25) is 0 Å². The van der Waals surface area contributed by atoms with Gasteiger partial charge in [-0.3, -0.25) is 4.79 Å². The average Bonchev–Trinajstić information content (AvgIpc) is 2.48. The molecule has 1 fully saturated rings. The van der Waals surface area contributed by atoms with Gasteiger partial charge in [-0.25, -0.2) is 0 Å². The number of Topliss-reactive ketones (excluding diaryl/α,β-unsaturated/α-hetero) is 1. The summed E-state index contributed by atoms with van der Waals surface area (Å²) in [6.45, 7) is 0.406. The Morgan fingerprint density at radius 1 is 1.32 bits per heavy atom. The lowest BCUT2D eigenvalue weighted by atomic mass is 9.86. The van der Waals surface area contributed by atoms with Crippen molar-refractivity contribution >= 4 is 11.5 Å². The van der Waals surface area contributed by atoms with E-state index in [-0.39, 0.29) is 5.92 Å². The van der Waals surface area contributed by atoms with E-state index in [2.05, 4.69) is 6.07 Å². The van der Waals surface area contributed by atoms with Crippen molar-refractivity contribution in [2.45, 2.75) is 32.1 Å². The molecule has 0 amide bonds. The van der Waals surface area contributed by atoms with Gasteiger partial charge in [0.05, 0.1) is 17.8 Å². The summed E-state index contributed by atoms with van der Waals surface area (Å²) in [4.78, 5) is 14.2. The van der Waals surface area contributed by atoms with Gasteiger partial charge in [-0.2, -0.15) is 5.26 Å². The number of likely N-dealkylation sites (N-methyl/N-ethyl adjacent to an activating group) is 1. The minimum atomic E-state index is 0.227. The van der Waals surface area contributed by atoms with Gasteiger partial charge in [0.1, 0.15) is 6.07 Å². The van der Waals surface area contributed by atoms with Crippen LogP contribution in [0.15, 0.2) is 24.3 Å². The van der Waals surface area contributed by atoms with Crippen LogP contribution in [-0.4, -0.2) is 19.4 Å². The molecule has 0 saturated heterocycles. The maximum absolute atomic E-state index is 12.3. The quantitative estimate of drug-likeness (QED) is 0.831. The Morgan fingerprint density at radius 2 is 2.00 bits per heavy atom. The Balaban J connectivity index is 2.02. The topological polar surface area (TPSA) is 44.1 Å². The summed E-state index contributed by atoms with van der Waals surface area (Å²) >= 11 is 0. The van der Waals surface area contributed by atoms with E-state index in [1.54, 1.807) is 6.07 Å². The van der Waals surface area contributed by atoms with Crippen molar-refractivity contribution < 1.29 is 4.79 Å². The molecular formula is C16H20N2O. The third-order valence-electron chi connectivity index (χ3n) is 3.89. The molecule has 0 N–H and O–H groups in total. The first kappa shape index (κ1) is 13.6. The largest absolute Gasteiger partial charge is 0.366 e. The molecule has 100 valence electrons. The summed E-state index contributed by atoms with van der Waals surface area (Å²) in [5.41, 5.74) is 1.47. The smallest absolute Gasteiger partial charge is 0.155 e. The van der Waals surface area contributed by atoms with Gasteiger partial charge in [-0.05, 0) is 25.0 Å². The second-order valence-electron chi connectivity index (χ2n) is 5.29. The highest BCUT2D eigenvalue weighted by molar-refractivity contribution is 5.86. The zero-order valence-electron chi connectivity index (χ0n) is 11.4. The molecule has 0 bridgehead atoms. The van der Waals surface area contributed by atoms with Crippen LogP contribution in [0, 0.1) is 17.2 Å². The summed E-state index contributed by atoms with van der Waals surface area (Å²) in [5, 5.41) is 9.09. The van der Waals surface area contributed by atoms with E-state index in [0.29, 0.717) is 17.9 Å². The number of carbonyl (C=O) groups excluding carboxylic acids is 1. The second-order valence-corrected chi connectivity index (χ2v) is 5.29. The maximum atomic E-state index is 12.3.